The van der Waals surface area contributed by atoms with Gasteiger partial charge in [0.25, 0.3) is 4.87 Å². The Balaban J connectivity index is 2.43. The zero-order chi connectivity index (χ0) is 21.0. The Morgan fingerprint density at radius 1 is 1.14 bits per heavy atom. The van der Waals surface area contributed by atoms with Crippen LogP contribution < -0.4 is 0 Å². The third kappa shape index (κ3) is 8.11. The molecule has 0 saturated heterocycles. The molecule has 0 aliphatic heterocycles. The SMILES string of the molecule is [C-]#[N+]C(C)(CCC(=O)CCCC[Si](OC)(OC)OC)SC(=S)c1ccccc1. The molecule has 1 atom stereocenters. The van der Waals surface area contributed by atoms with Gasteiger partial charge < -0.3 is 13.3 Å². The second-order valence-corrected chi connectivity index (χ2v) is 11.8. The fourth-order valence-corrected chi connectivity index (χ4v) is 6.05. The minimum Gasteiger partial charge on any atom is -0.377 e. The first-order valence-corrected chi connectivity index (χ1v) is 12.3. The van der Waals surface area contributed by atoms with Crippen molar-refractivity contribution in [3.8, 4) is 0 Å². The first-order valence-electron chi connectivity index (χ1n) is 9.18. The van der Waals surface area contributed by atoms with Crippen molar-refractivity contribution in [2.45, 2.75) is 49.9 Å². The zero-order valence-electron chi connectivity index (χ0n) is 17.0. The van der Waals surface area contributed by atoms with Crippen molar-refractivity contribution in [3.05, 3.63) is 47.3 Å². The predicted molar refractivity (Wildman–Crippen MR) is 120 cm³/mol. The lowest BCUT2D eigenvalue weighted by Crippen LogP contribution is -2.42. The molecule has 1 unspecified atom stereocenters. The number of carbonyl (C=O) groups excluding carboxylic acids is 1. The third-order valence-electron chi connectivity index (χ3n) is 4.55. The van der Waals surface area contributed by atoms with Gasteiger partial charge in [0, 0.05) is 53.6 Å². The lowest BCUT2D eigenvalue weighted by atomic mass is 10.1. The van der Waals surface area contributed by atoms with Gasteiger partial charge in [-0.1, -0.05) is 42.5 Å². The lowest BCUT2D eigenvalue weighted by Gasteiger charge is -2.24. The average molecular weight is 440 g/mol. The quantitative estimate of drug-likeness (QED) is 0.184. The van der Waals surface area contributed by atoms with Crippen LogP contribution in [0.1, 0.15) is 44.6 Å². The molecule has 0 saturated carbocycles. The highest BCUT2D eigenvalue weighted by molar-refractivity contribution is 8.24. The Morgan fingerprint density at radius 3 is 2.29 bits per heavy atom. The van der Waals surface area contributed by atoms with E-state index in [1.54, 1.807) is 21.3 Å². The van der Waals surface area contributed by atoms with Gasteiger partial charge in [-0.05, 0) is 30.2 Å². The highest BCUT2D eigenvalue weighted by Gasteiger charge is 2.37. The van der Waals surface area contributed by atoms with Gasteiger partial charge in [0.05, 0.1) is 4.20 Å². The number of nitrogens with zero attached hydrogens (tertiary/aromatic N) is 1. The van der Waals surface area contributed by atoms with Gasteiger partial charge in [-0.3, -0.25) is 9.64 Å². The molecule has 0 amide bonds. The maximum atomic E-state index is 12.3. The Morgan fingerprint density at radius 2 is 1.75 bits per heavy atom. The van der Waals surface area contributed by atoms with Crippen molar-refractivity contribution in [3.63, 3.8) is 0 Å². The smallest absolute Gasteiger partial charge is 0.377 e. The Bertz CT molecular complexity index is 668. The van der Waals surface area contributed by atoms with Crippen LogP contribution in [0.15, 0.2) is 30.3 Å². The monoisotopic (exact) mass is 439 g/mol. The largest absolute Gasteiger partial charge is 0.500 e. The Labute approximate surface area is 179 Å². The molecule has 8 heteroatoms. The number of ketones is 1. The number of hydrogen-bond acceptors (Lipinski definition) is 6. The van der Waals surface area contributed by atoms with Gasteiger partial charge in [0.1, 0.15) is 5.78 Å². The molecule has 0 aromatic heterocycles. The van der Waals surface area contributed by atoms with E-state index in [9.17, 15) is 4.79 Å². The van der Waals surface area contributed by atoms with Crippen LogP contribution in [0.4, 0.5) is 0 Å². The fraction of sp³-hybridized carbons (Fsp3) is 0.550. The number of benzene rings is 1. The minimum absolute atomic E-state index is 0.167. The average Bonchev–Trinajstić information content (AvgIpc) is 2.73. The molecule has 0 heterocycles. The number of Topliss-reactive ketones (excluding diaryl/α,β-unsaturated/α-hetero) is 1. The molecule has 0 radical (unpaired) electrons. The topological polar surface area (TPSA) is 49.1 Å². The van der Waals surface area contributed by atoms with Crippen LogP contribution in [0.3, 0.4) is 0 Å². The number of thioether (sulfide) groups is 1. The third-order valence-corrected chi connectivity index (χ3v) is 9.02. The van der Waals surface area contributed by atoms with Crippen LogP contribution in [0.5, 0.6) is 0 Å². The first kappa shape index (κ1) is 25.0. The van der Waals surface area contributed by atoms with Crippen molar-refractivity contribution in [2.75, 3.05) is 21.3 Å². The Kier molecular flexibility index (Phi) is 11.1. The first-order chi connectivity index (χ1) is 13.3. The molecule has 28 heavy (non-hydrogen) atoms. The van der Waals surface area contributed by atoms with Gasteiger partial charge in [0.2, 0.25) is 0 Å². The number of hydrogen-bond donors (Lipinski definition) is 0. The highest BCUT2D eigenvalue weighted by Crippen LogP contribution is 2.35. The van der Waals surface area contributed by atoms with E-state index < -0.39 is 13.7 Å². The maximum Gasteiger partial charge on any atom is 0.500 e. The van der Waals surface area contributed by atoms with Gasteiger partial charge in [0.15, 0.2) is 0 Å². The molecule has 0 aliphatic carbocycles. The van der Waals surface area contributed by atoms with E-state index in [4.69, 9.17) is 32.1 Å². The van der Waals surface area contributed by atoms with Gasteiger partial charge in [-0.25, -0.2) is 6.57 Å². The molecule has 154 valence electrons. The molecule has 0 bridgehead atoms. The van der Waals surface area contributed by atoms with Crippen molar-refractivity contribution >= 4 is 42.8 Å². The standard InChI is InChI=1S/C20H29NO4S2Si/c1-20(21-2,27-19(26)17-11-7-6-8-12-17)15-14-18(22)13-9-10-16-28(23-3,24-4)25-5/h6-8,11-12H,9-10,13-16H2,1,3-5H3. The number of unbranched alkanes of at least 4 members (excludes halogenated alkanes) is 1. The predicted octanol–water partition coefficient (Wildman–Crippen LogP) is 5.13. The lowest BCUT2D eigenvalue weighted by molar-refractivity contribution is -0.119. The van der Waals surface area contributed by atoms with Crippen molar-refractivity contribution in [1.82, 2.24) is 0 Å². The van der Waals surface area contributed by atoms with E-state index in [0.717, 1.165) is 18.4 Å². The molecular formula is C20H29NO4S2Si. The Hall–Kier alpha value is -1.08. The molecule has 0 fully saturated rings. The molecule has 1 aromatic rings. The highest BCUT2D eigenvalue weighted by atomic mass is 32.2. The normalized spacial score (nSPS) is 13.5. The summed E-state index contributed by atoms with van der Waals surface area (Å²) in [4.78, 5) is 15.3. The summed E-state index contributed by atoms with van der Waals surface area (Å²) >= 11 is 6.84. The molecule has 1 rings (SSSR count). The summed E-state index contributed by atoms with van der Waals surface area (Å²) in [5.41, 5.74) is 0.936. The summed E-state index contributed by atoms with van der Waals surface area (Å²) in [6.07, 6.45) is 2.92. The summed E-state index contributed by atoms with van der Waals surface area (Å²) in [6.45, 7) is 9.40. The molecule has 0 N–H and O–H groups in total. The van der Waals surface area contributed by atoms with Crippen molar-refractivity contribution < 1.29 is 18.1 Å². The summed E-state index contributed by atoms with van der Waals surface area (Å²) in [5.74, 6) is 0.167. The van der Waals surface area contributed by atoms with Crippen LogP contribution in [0.25, 0.3) is 4.85 Å². The van der Waals surface area contributed by atoms with Crippen LogP contribution in [-0.4, -0.2) is 45.0 Å². The van der Waals surface area contributed by atoms with Gasteiger partial charge in [-0.15, -0.1) is 0 Å². The van der Waals surface area contributed by atoms with Crippen LogP contribution in [0, 0.1) is 6.57 Å². The van der Waals surface area contributed by atoms with E-state index in [2.05, 4.69) is 4.85 Å². The fourth-order valence-electron chi connectivity index (χ4n) is 2.68. The van der Waals surface area contributed by atoms with Crippen LogP contribution in [-0.2, 0) is 18.1 Å². The van der Waals surface area contributed by atoms with E-state index in [1.807, 2.05) is 37.3 Å². The van der Waals surface area contributed by atoms with E-state index in [-0.39, 0.29) is 5.78 Å². The van der Waals surface area contributed by atoms with E-state index >= 15 is 0 Å². The van der Waals surface area contributed by atoms with Crippen molar-refractivity contribution in [2.24, 2.45) is 0 Å². The van der Waals surface area contributed by atoms with Gasteiger partial charge in [-0.2, -0.15) is 0 Å². The van der Waals surface area contributed by atoms with Crippen LogP contribution in [0.2, 0.25) is 6.04 Å². The number of rotatable bonds is 13. The molecular weight excluding hydrogens is 410 g/mol. The number of carbonyl (C=O) groups is 1. The molecule has 0 aliphatic rings. The number of thiocarbonyl (C=S) groups is 1. The molecule has 1 aromatic carbocycles. The van der Waals surface area contributed by atoms with E-state index in [0.29, 0.717) is 29.5 Å². The minimum atomic E-state index is -2.56. The van der Waals surface area contributed by atoms with E-state index in [1.165, 1.54) is 11.8 Å². The van der Waals surface area contributed by atoms with Gasteiger partial charge >= 0.3 is 8.80 Å². The second kappa shape index (κ2) is 12.5. The summed E-state index contributed by atoms with van der Waals surface area (Å²) in [7, 11) is 2.21. The molecule has 0 spiro atoms. The molecule has 5 nitrogen and oxygen atoms in total. The summed E-state index contributed by atoms with van der Waals surface area (Å²) < 4.78 is 16.8. The summed E-state index contributed by atoms with van der Waals surface area (Å²) in [6, 6.07) is 10.3. The zero-order valence-corrected chi connectivity index (χ0v) is 19.7. The van der Waals surface area contributed by atoms with Crippen LogP contribution >= 0.6 is 24.0 Å². The summed E-state index contributed by atoms with van der Waals surface area (Å²) in [5, 5.41) is 0. The maximum absolute atomic E-state index is 12.3. The second-order valence-electron chi connectivity index (χ2n) is 6.58. The van der Waals surface area contributed by atoms with Crippen molar-refractivity contribution in [1.29, 1.82) is 0 Å².